The molecule has 4 heteroatoms. The van der Waals surface area contributed by atoms with Crippen LogP contribution in [-0.2, 0) is 12.0 Å². The van der Waals surface area contributed by atoms with Crippen molar-refractivity contribution in [3.05, 3.63) is 47.6 Å². The molecule has 4 rings (SSSR count). The van der Waals surface area contributed by atoms with Gasteiger partial charge in [-0.3, -0.25) is 0 Å². The molecule has 2 saturated carbocycles. The van der Waals surface area contributed by atoms with Crippen LogP contribution in [0.2, 0.25) is 0 Å². The van der Waals surface area contributed by atoms with Gasteiger partial charge in [-0.2, -0.15) is 4.98 Å². The number of benzene rings is 1. The van der Waals surface area contributed by atoms with Gasteiger partial charge in [-0.05, 0) is 62.3 Å². The van der Waals surface area contributed by atoms with E-state index in [2.05, 4.69) is 40.5 Å². The minimum absolute atomic E-state index is 0.313. The summed E-state index contributed by atoms with van der Waals surface area (Å²) >= 11 is 0. The zero-order valence-electron chi connectivity index (χ0n) is 13.6. The Kier molecular flexibility index (Phi) is 3.93. The molecule has 0 bridgehead atoms. The summed E-state index contributed by atoms with van der Waals surface area (Å²) in [6, 6.07) is 10.9. The molecule has 2 aliphatic rings. The highest BCUT2D eigenvalue weighted by molar-refractivity contribution is 5.20. The number of hydrogen-bond donors (Lipinski definition) is 1. The molecule has 2 fully saturated rings. The zero-order chi connectivity index (χ0) is 15.7. The highest BCUT2D eigenvalue weighted by atomic mass is 16.5. The minimum atomic E-state index is -0.313. The van der Waals surface area contributed by atoms with Gasteiger partial charge in [-0.25, -0.2) is 0 Å². The fraction of sp³-hybridized carbons (Fsp3) is 0.579. The fourth-order valence-corrected chi connectivity index (χ4v) is 3.99. The fourth-order valence-electron chi connectivity index (χ4n) is 3.99. The molecule has 23 heavy (non-hydrogen) atoms. The van der Waals surface area contributed by atoms with Crippen molar-refractivity contribution in [3.63, 3.8) is 0 Å². The van der Waals surface area contributed by atoms with E-state index in [0.29, 0.717) is 11.8 Å². The standard InChI is InChI=1S/C19H25N3O/c20-19(11-4-12-19)18-21-17(23-22-18)13-14-7-9-16(10-8-14)15-5-2-1-3-6-15/h1-3,5-6,14,16H,4,7-13,20H2. The van der Waals surface area contributed by atoms with Crippen LogP contribution in [0.4, 0.5) is 0 Å². The van der Waals surface area contributed by atoms with Gasteiger partial charge in [0.2, 0.25) is 5.89 Å². The molecule has 1 heterocycles. The number of nitrogens with zero attached hydrogens (tertiary/aromatic N) is 2. The van der Waals surface area contributed by atoms with Crippen LogP contribution in [0.25, 0.3) is 0 Å². The second-order valence-corrected chi connectivity index (χ2v) is 7.35. The van der Waals surface area contributed by atoms with Crippen LogP contribution in [0.3, 0.4) is 0 Å². The number of aromatic nitrogens is 2. The SMILES string of the molecule is NC1(c2noc(CC3CCC(c4ccccc4)CC3)n2)CCC1. The Balaban J connectivity index is 1.33. The van der Waals surface area contributed by atoms with Crippen molar-refractivity contribution in [2.75, 3.05) is 0 Å². The predicted octanol–water partition coefficient (Wildman–Crippen LogP) is 3.92. The molecule has 0 spiro atoms. The summed E-state index contributed by atoms with van der Waals surface area (Å²) in [4.78, 5) is 4.57. The molecule has 0 atom stereocenters. The van der Waals surface area contributed by atoms with Gasteiger partial charge in [-0.15, -0.1) is 0 Å². The smallest absolute Gasteiger partial charge is 0.226 e. The van der Waals surface area contributed by atoms with E-state index in [1.54, 1.807) is 0 Å². The summed E-state index contributed by atoms with van der Waals surface area (Å²) in [5.74, 6) is 2.88. The highest BCUT2D eigenvalue weighted by Crippen LogP contribution is 2.38. The van der Waals surface area contributed by atoms with Gasteiger partial charge in [0.25, 0.3) is 0 Å². The van der Waals surface area contributed by atoms with Gasteiger partial charge < -0.3 is 10.3 Å². The predicted molar refractivity (Wildman–Crippen MR) is 88.9 cm³/mol. The van der Waals surface area contributed by atoms with E-state index in [1.165, 1.54) is 37.7 Å². The molecule has 4 nitrogen and oxygen atoms in total. The zero-order valence-corrected chi connectivity index (χ0v) is 13.6. The molecular formula is C19H25N3O. The molecule has 122 valence electrons. The Morgan fingerprint density at radius 1 is 1.09 bits per heavy atom. The van der Waals surface area contributed by atoms with Gasteiger partial charge >= 0.3 is 0 Å². The first kappa shape index (κ1) is 14.9. The Morgan fingerprint density at radius 2 is 1.83 bits per heavy atom. The first-order chi connectivity index (χ1) is 11.2. The van der Waals surface area contributed by atoms with Crippen LogP contribution in [0.5, 0.6) is 0 Å². The van der Waals surface area contributed by atoms with Gasteiger partial charge in [0.05, 0.1) is 5.54 Å². The Hall–Kier alpha value is -1.68. The van der Waals surface area contributed by atoms with Crippen molar-refractivity contribution in [2.24, 2.45) is 11.7 Å². The molecule has 0 radical (unpaired) electrons. The Bertz CT molecular complexity index is 640. The van der Waals surface area contributed by atoms with E-state index in [4.69, 9.17) is 10.3 Å². The van der Waals surface area contributed by atoms with Gasteiger partial charge in [0.1, 0.15) is 0 Å². The molecular weight excluding hydrogens is 286 g/mol. The van der Waals surface area contributed by atoms with Crippen molar-refractivity contribution in [1.82, 2.24) is 10.1 Å². The van der Waals surface area contributed by atoms with Crippen molar-refractivity contribution in [2.45, 2.75) is 62.8 Å². The molecule has 0 saturated heterocycles. The number of hydrogen-bond acceptors (Lipinski definition) is 4. The van der Waals surface area contributed by atoms with Gasteiger partial charge in [0.15, 0.2) is 5.82 Å². The van der Waals surface area contributed by atoms with E-state index in [-0.39, 0.29) is 5.54 Å². The summed E-state index contributed by atoms with van der Waals surface area (Å²) < 4.78 is 5.46. The Morgan fingerprint density at radius 3 is 2.48 bits per heavy atom. The highest BCUT2D eigenvalue weighted by Gasteiger charge is 2.39. The largest absolute Gasteiger partial charge is 0.339 e. The monoisotopic (exact) mass is 311 g/mol. The summed E-state index contributed by atoms with van der Waals surface area (Å²) in [6.07, 6.45) is 9.04. The third-order valence-electron chi connectivity index (χ3n) is 5.74. The number of rotatable bonds is 4. The van der Waals surface area contributed by atoms with E-state index in [9.17, 15) is 0 Å². The van der Waals surface area contributed by atoms with E-state index >= 15 is 0 Å². The molecule has 2 N–H and O–H groups in total. The molecule has 0 unspecified atom stereocenters. The molecule has 1 aromatic heterocycles. The maximum atomic E-state index is 6.27. The lowest BCUT2D eigenvalue weighted by atomic mass is 9.77. The normalized spacial score (nSPS) is 26.7. The van der Waals surface area contributed by atoms with E-state index in [0.717, 1.165) is 31.0 Å². The third kappa shape index (κ3) is 3.05. The van der Waals surface area contributed by atoms with Crippen LogP contribution in [0.1, 0.15) is 68.1 Å². The van der Waals surface area contributed by atoms with Crippen molar-refractivity contribution in [1.29, 1.82) is 0 Å². The van der Waals surface area contributed by atoms with Crippen LogP contribution in [0.15, 0.2) is 34.9 Å². The molecule has 2 aromatic rings. The maximum Gasteiger partial charge on any atom is 0.226 e. The molecule has 0 amide bonds. The lowest BCUT2D eigenvalue weighted by Gasteiger charge is -2.34. The second-order valence-electron chi connectivity index (χ2n) is 7.35. The Labute approximate surface area is 137 Å². The third-order valence-corrected chi connectivity index (χ3v) is 5.74. The topological polar surface area (TPSA) is 64.9 Å². The van der Waals surface area contributed by atoms with Crippen molar-refractivity contribution >= 4 is 0 Å². The van der Waals surface area contributed by atoms with E-state index < -0.39 is 0 Å². The summed E-state index contributed by atoms with van der Waals surface area (Å²) in [5.41, 5.74) is 7.44. The van der Waals surface area contributed by atoms with Crippen LogP contribution >= 0.6 is 0 Å². The lowest BCUT2D eigenvalue weighted by Crippen LogP contribution is -2.44. The first-order valence-electron chi connectivity index (χ1n) is 8.90. The number of nitrogens with two attached hydrogens (primary N) is 1. The summed E-state index contributed by atoms with van der Waals surface area (Å²) in [5, 5.41) is 4.13. The second kappa shape index (κ2) is 6.08. The van der Waals surface area contributed by atoms with Crippen LogP contribution in [-0.4, -0.2) is 10.1 Å². The minimum Gasteiger partial charge on any atom is -0.339 e. The average molecular weight is 311 g/mol. The lowest BCUT2D eigenvalue weighted by molar-refractivity contribution is 0.228. The molecule has 2 aliphatic carbocycles. The quantitative estimate of drug-likeness (QED) is 0.929. The van der Waals surface area contributed by atoms with E-state index in [1.807, 2.05) is 0 Å². The molecule has 1 aromatic carbocycles. The van der Waals surface area contributed by atoms with Crippen molar-refractivity contribution < 1.29 is 4.52 Å². The van der Waals surface area contributed by atoms with Gasteiger partial charge in [0, 0.05) is 6.42 Å². The van der Waals surface area contributed by atoms with Crippen LogP contribution < -0.4 is 5.73 Å². The van der Waals surface area contributed by atoms with Gasteiger partial charge in [-0.1, -0.05) is 35.5 Å². The molecule has 0 aliphatic heterocycles. The summed E-state index contributed by atoms with van der Waals surface area (Å²) in [7, 11) is 0. The van der Waals surface area contributed by atoms with Crippen molar-refractivity contribution in [3.8, 4) is 0 Å². The average Bonchev–Trinajstić information content (AvgIpc) is 3.03. The summed E-state index contributed by atoms with van der Waals surface area (Å²) in [6.45, 7) is 0. The first-order valence-corrected chi connectivity index (χ1v) is 8.90. The maximum absolute atomic E-state index is 6.27. The van der Waals surface area contributed by atoms with Crippen LogP contribution in [0, 0.1) is 5.92 Å².